The molecule has 4 heteroatoms. The highest BCUT2D eigenvalue weighted by Crippen LogP contribution is 2.16. The molecule has 1 aromatic rings. The second kappa shape index (κ2) is 4.49. The number of nitrogens with zero attached hydrogens (tertiary/aromatic N) is 2. The minimum atomic E-state index is 0.303. The lowest BCUT2D eigenvalue weighted by Crippen LogP contribution is -2.35. The Morgan fingerprint density at radius 3 is 2.73 bits per heavy atom. The molecular formula is C11H17N3O. The van der Waals surface area contributed by atoms with Crippen LogP contribution >= 0.6 is 0 Å². The molecule has 0 atom stereocenters. The van der Waals surface area contributed by atoms with E-state index in [9.17, 15) is 0 Å². The maximum absolute atomic E-state index is 5.77. The van der Waals surface area contributed by atoms with Crippen LogP contribution in [-0.4, -0.2) is 36.1 Å². The van der Waals surface area contributed by atoms with Crippen LogP contribution in [0.25, 0.3) is 0 Å². The molecule has 15 heavy (non-hydrogen) atoms. The van der Waals surface area contributed by atoms with Crippen LogP contribution in [0.15, 0.2) is 18.3 Å². The van der Waals surface area contributed by atoms with E-state index in [-0.39, 0.29) is 0 Å². The van der Waals surface area contributed by atoms with Crippen molar-refractivity contribution in [1.82, 2.24) is 9.88 Å². The number of likely N-dealkylation sites (tertiary alicyclic amines) is 1. The first-order chi connectivity index (χ1) is 7.24. The van der Waals surface area contributed by atoms with Crippen molar-refractivity contribution in [1.29, 1.82) is 0 Å². The third-order valence-corrected chi connectivity index (χ3v) is 2.71. The molecule has 0 amide bonds. The van der Waals surface area contributed by atoms with Gasteiger partial charge in [0, 0.05) is 19.2 Å². The van der Waals surface area contributed by atoms with Crippen LogP contribution in [0.4, 0.5) is 5.69 Å². The maximum atomic E-state index is 5.77. The number of rotatable bonds is 2. The van der Waals surface area contributed by atoms with Crippen LogP contribution in [0.3, 0.4) is 0 Å². The fraction of sp³-hybridized carbons (Fsp3) is 0.545. The van der Waals surface area contributed by atoms with Gasteiger partial charge in [0.05, 0.1) is 11.9 Å². The van der Waals surface area contributed by atoms with Gasteiger partial charge >= 0.3 is 0 Å². The minimum absolute atomic E-state index is 0.303. The summed E-state index contributed by atoms with van der Waals surface area (Å²) in [5.41, 5.74) is 6.23. The molecule has 1 aromatic heterocycles. The third-order valence-electron chi connectivity index (χ3n) is 2.71. The molecule has 82 valence electrons. The van der Waals surface area contributed by atoms with Crippen molar-refractivity contribution in [3.63, 3.8) is 0 Å². The summed E-state index contributed by atoms with van der Waals surface area (Å²) >= 11 is 0. The maximum Gasteiger partial charge on any atom is 0.213 e. The van der Waals surface area contributed by atoms with Gasteiger partial charge in [0.15, 0.2) is 0 Å². The molecule has 1 aliphatic rings. The molecule has 2 heterocycles. The normalized spacial score (nSPS) is 19.0. The Hall–Kier alpha value is -1.29. The Balaban J connectivity index is 1.89. The first-order valence-electron chi connectivity index (χ1n) is 5.31. The molecule has 0 saturated carbocycles. The lowest BCUT2D eigenvalue weighted by atomic mass is 10.1. The van der Waals surface area contributed by atoms with Crippen molar-refractivity contribution in [2.24, 2.45) is 0 Å². The van der Waals surface area contributed by atoms with E-state index < -0.39 is 0 Å². The Kier molecular flexibility index (Phi) is 3.06. The fourth-order valence-corrected chi connectivity index (χ4v) is 1.73. The van der Waals surface area contributed by atoms with Crippen molar-refractivity contribution in [3.05, 3.63) is 18.3 Å². The SMILES string of the molecule is CN1CCC(Oc2ccc(N)cn2)CC1. The Bertz CT molecular complexity index is 304. The van der Waals surface area contributed by atoms with Crippen molar-refractivity contribution < 1.29 is 4.74 Å². The summed E-state index contributed by atoms with van der Waals surface area (Å²) in [4.78, 5) is 6.45. The molecule has 0 bridgehead atoms. The number of ether oxygens (including phenoxy) is 1. The van der Waals surface area contributed by atoms with Crippen LogP contribution in [0, 0.1) is 0 Å². The molecule has 0 aliphatic carbocycles. The quantitative estimate of drug-likeness (QED) is 0.790. The predicted octanol–water partition coefficient (Wildman–Crippen LogP) is 1.14. The van der Waals surface area contributed by atoms with Gasteiger partial charge in [0.1, 0.15) is 6.10 Å². The number of piperidine rings is 1. The van der Waals surface area contributed by atoms with Crippen LogP contribution in [0.1, 0.15) is 12.8 Å². The fourth-order valence-electron chi connectivity index (χ4n) is 1.73. The number of hydrogen-bond donors (Lipinski definition) is 1. The number of pyridine rings is 1. The van der Waals surface area contributed by atoms with E-state index in [1.165, 1.54) is 0 Å². The number of nitrogens with two attached hydrogens (primary N) is 1. The number of aromatic nitrogens is 1. The average molecular weight is 207 g/mol. The topological polar surface area (TPSA) is 51.4 Å². The van der Waals surface area contributed by atoms with Gasteiger partial charge in [-0.1, -0.05) is 0 Å². The van der Waals surface area contributed by atoms with Crippen LogP contribution < -0.4 is 10.5 Å². The van der Waals surface area contributed by atoms with Crippen molar-refractivity contribution in [2.75, 3.05) is 25.9 Å². The largest absolute Gasteiger partial charge is 0.474 e. The summed E-state index contributed by atoms with van der Waals surface area (Å²) in [6, 6.07) is 3.64. The van der Waals surface area contributed by atoms with E-state index in [0.29, 0.717) is 17.7 Å². The lowest BCUT2D eigenvalue weighted by Gasteiger charge is -2.28. The molecule has 0 unspecified atom stereocenters. The molecule has 1 fully saturated rings. The Labute approximate surface area is 90.0 Å². The first-order valence-corrected chi connectivity index (χ1v) is 5.31. The second-order valence-electron chi connectivity index (χ2n) is 4.05. The zero-order valence-electron chi connectivity index (χ0n) is 9.02. The van der Waals surface area contributed by atoms with E-state index in [1.54, 1.807) is 6.20 Å². The molecule has 4 nitrogen and oxygen atoms in total. The Morgan fingerprint density at radius 1 is 1.40 bits per heavy atom. The standard InChI is InChI=1S/C11H17N3O/c1-14-6-4-10(5-7-14)15-11-3-2-9(12)8-13-11/h2-3,8,10H,4-7,12H2,1H3. The molecule has 2 N–H and O–H groups in total. The van der Waals surface area contributed by atoms with Gasteiger partial charge in [-0.2, -0.15) is 0 Å². The highest BCUT2D eigenvalue weighted by molar-refractivity contribution is 5.35. The number of hydrogen-bond acceptors (Lipinski definition) is 4. The van der Waals surface area contributed by atoms with E-state index >= 15 is 0 Å². The number of nitrogen functional groups attached to an aromatic ring is 1. The van der Waals surface area contributed by atoms with Gasteiger partial charge in [-0.25, -0.2) is 4.98 Å². The monoisotopic (exact) mass is 207 g/mol. The van der Waals surface area contributed by atoms with Gasteiger partial charge in [-0.05, 0) is 26.0 Å². The van der Waals surface area contributed by atoms with Gasteiger partial charge in [0.25, 0.3) is 0 Å². The summed E-state index contributed by atoms with van der Waals surface area (Å²) < 4.78 is 5.77. The summed E-state index contributed by atoms with van der Waals surface area (Å²) in [5, 5.41) is 0. The summed E-state index contributed by atoms with van der Waals surface area (Å²) in [6.45, 7) is 2.19. The van der Waals surface area contributed by atoms with Crippen LogP contribution in [-0.2, 0) is 0 Å². The summed E-state index contributed by atoms with van der Waals surface area (Å²) in [6.07, 6.45) is 4.08. The van der Waals surface area contributed by atoms with Crippen molar-refractivity contribution in [3.8, 4) is 5.88 Å². The van der Waals surface area contributed by atoms with Crippen LogP contribution in [0.2, 0.25) is 0 Å². The highest BCUT2D eigenvalue weighted by atomic mass is 16.5. The smallest absolute Gasteiger partial charge is 0.213 e. The molecule has 2 rings (SSSR count). The molecule has 0 aromatic carbocycles. The number of anilines is 1. The second-order valence-corrected chi connectivity index (χ2v) is 4.05. The van der Waals surface area contributed by atoms with E-state index in [4.69, 9.17) is 10.5 Å². The van der Waals surface area contributed by atoms with Crippen molar-refractivity contribution >= 4 is 5.69 Å². The van der Waals surface area contributed by atoms with Gasteiger partial charge in [-0.3, -0.25) is 0 Å². The van der Waals surface area contributed by atoms with Gasteiger partial charge in [-0.15, -0.1) is 0 Å². The molecule has 1 saturated heterocycles. The summed E-state index contributed by atoms with van der Waals surface area (Å²) in [5.74, 6) is 0.679. The third kappa shape index (κ3) is 2.83. The molecule has 1 aliphatic heterocycles. The van der Waals surface area contributed by atoms with Crippen molar-refractivity contribution in [2.45, 2.75) is 18.9 Å². The summed E-state index contributed by atoms with van der Waals surface area (Å²) in [7, 11) is 2.14. The van der Waals surface area contributed by atoms with E-state index in [0.717, 1.165) is 25.9 Å². The molecular weight excluding hydrogens is 190 g/mol. The lowest BCUT2D eigenvalue weighted by molar-refractivity contribution is 0.110. The van der Waals surface area contributed by atoms with Crippen LogP contribution in [0.5, 0.6) is 5.88 Å². The zero-order valence-corrected chi connectivity index (χ0v) is 9.02. The average Bonchev–Trinajstić information content (AvgIpc) is 2.25. The highest BCUT2D eigenvalue weighted by Gasteiger charge is 2.18. The zero-order chi connectivity index (χ0) is 10.7. The first kappa shape index (κ1) is 10.2. The Morgan fingerprint density at radius 2 is 2.13 bits per heavy atom. The van der Waals surface area contributed by atoms with Gasteiger partial charge < -0.3 is 15.4 Å². The predicted molar refractivity (Wildman–Crippen MR) is 59.8 cm³/mol. The molecule has 0 spiro atoms. The minimum Gasteiger partial charge on any atom is -0.474 e. The molecule has 0 radical (unpaired) electrons. The van der Waals surface area contributed by atoms with E-state index in [1.807, 2.05) is 12.1 Å². The van der Waals surface area contributed by atoms with E-state index in [2.05, 4.69) is 16.9 Å². The van der Waals surface area contributed by atoms with Gasteiger partial charge in [0.2, 0.25) is 5.88 Å².